The fourth-order valence-corrected chi connectivity index (χ4v) is 2.83. The Morgan fingerprint density at radius 3 is 2.78 bits per heavy atom. The summed E-state index contributed by atoms with van der Waals surface area (Å²) in [6.07, 6.45) is 1.05. The Kier molecular flexibility index (Phi) is 3.76. The fourth-order valence-electron chi connectivity index (χ4n) is 2.83. The van der Waals surface area contributed by atoms with E-state index < -0.39 is 0 Å². The lowest BCUT2D eigenvalue weighted by Crippen LogP contribution is -2.38. The Bertz CT molecular complexity index is 444. The first-order valence-electron chi connectivity index (χ1n) is 6.70. The number of amides is 1. The number of rotatable bonds is 3. The summed E-state index contributed by atoms with van der Waals surface area (Å²) in [4.78, 5) is 14.4. The predicted octanol–water partition coefficient (Wildman–Crippen LogP) is 1.56. The summed E-state index contributed by atoms with van der Waals surface area (Å²) in [7, 11) is 1.91. The molecule has 2 rings (SSSR count). The van der Waals surface area contributed by atoms with E-state index in [1.54, 1.807) is 0 Å². The Morgan fingerprint density at radius 1 is 1.56 bits per heavy atom. The highest BCUT2D eigenvalue weighted by Crippen LogP contribution is 2.18. The van der Waals surface area contributed by atoms with Crippen LogP contribution in [0, 0.1) is 13.8 Å². The predicted molar refractivity (Wildman–Crippen MR) is 72.9 cm³/mol. The summed E-state index contributed by atoms with van der Waals surface area (Å²) in [5, 5.41) is 3.30. The van der Waals surface area contributed by atoms with Crippen molar-refractivity contribution in [3.63, 3.8) is 0 Å². The van der Waals surface area contributed by atoms with E-state index in [1.165, 1.54) is 0 Å². The average molecular weight is 249 g/mol. The van der Waals surface area contributed by atoms with Gasteiger partial charge in [0, 0.05) is 37.6 Å². The SMILES string of the molecule is CCn1c(C)cc(C(=O)N(C)C2CCNC2)c1C. The molecule has 1 N–H and O–H groups in total. The van der Waals surface area contributed by atoms with Crippen molar-refractivity contribution in [3.8, 4) is 0 Å². The molecule has 100 valence electrons. The quantitative estimate of drug-likeness (QED) is 0.882. The first-order valence-corrected chi connectivity index (χ1v) is 6.70. The smallest absolute Gasteiger partial charge is 0.255 e. The average Bonchev–Trinajstić information content (AvgIpc) is 2.96. The largest absolute Gasteiger partial charge is 0.349 e. The van der Waals surface area contributed by atoms with Crippen LogP contribution in [-0.2, 0) is 6.54 Å². The summed E-state index contributed by atoms with van der Waals surface area (Å²) >= 11 is 0. The molecule has 1 aromatic heterocycles. The number of likely N-dealkylation sites (N-methyl/N-ethyl adjacent to an activating group) is 1. The molecule has 4 heteroatoms. The van der Waals surface area contributed by atoms with Gasteiger partial charge in [-0.15, -0.1) is 0 Å². The van der Waals surface area contributed by atoms with Gasteiger partial charge in [0.1, 0.15) is 0 Å². The van der Waals surface area contributed by atoms with E-state index in [9.17, 15) is 4.79 Å². The number of carbonyl (C=O) groups is 1. The lowest BCUT2D eigenvalue weighted by atomic mass is 10.1. The van der Waals surface area contributed by atoms with E-state index in [2.05, 4.69) is 23.7 Å². The zero-order valence-electron chi connectivity index (χ0n) is 11.8. The lowest BCUT2D eigenvalue weighted by molar-refractivity contribution is 0.0743. The van der Waals surface area contributed by atoms with Gasteiger partial charge in [-0.3, -0.25) is 4.79 Å². The third-order valence-electron chi connectivity index (χ3n) is 4.02. The second-order valence-electron chi connectivity index (χ2n) is 5.09. The highest BCUT2D eigenvalue weighted by atomic mass is 16.2. The third-order valence-corrected chi connectivity index (χ3v) is 4.02. The van der Waals surface area contributed by atoms with Crippen LogP contribution in [-0.4, -0.2) is 41.6 Å². The summed E-state index contributed by atoms with van der Waals surface area (Å²) in [6.45, 7) is 9.04. The zero-order valence-corrected chi connectivity index (χ0v) is 11.8. The zero-order chi connectivity index (χ0) is 13.3. The first kappa shape index (κ1) is 13.1. The Hall–Kier alpha value is -1.29. The topological polar surface area (TPSA) is 37.3 Å². The summed E-state index contributed by atoms with van der Waals surface area (Å²) in [5.74, 6) is 0.150. The van der Waals surface area contributed by atoms with Crippen LogP contribution in [0.1, 0.15) is 35.1 Å². The molecule has 0 aliphatic carbocycles. The molecular weight excluding hydrogens is 226 g/mol. The van der Waals surface area contributed by atoms with Crippen LogP contribution < -0.4 is 5.32 Å². The van der Waals surface area contributed by atoms with Crippen LogP contribution in [0.5, 0.6) is 0 Å². The minimum atomic E-state index is 0.150. The standard InChI is InChI=1S/C14H23N3O/c1-5-17-10(2)8-13(11(17)3)14(18)16(4)12-6-7-15-9-12/h8,12,15H,5-7,9H2,1-4H3. The molecule has 0 saturated carbocycles. The van der Waals surface area contributed by atoms with Gasteiger partial charge in [-0.1, -0.05) is 0 Å². The molecule has 18 heavy (non-hydrogen) atoms. The maximum Gasteiger partial charge on any atom is 0.255 e. The second-order valence-corrected chi connectivity index (χ2v) is 5.09. The molecule has 1 aliphatic heterocycles. The highest BCUT2D eigenvalue weighted by Gasteiger charge is 2.26. The lowest BCUT2D eigenvalue weighted by Gasteiger charge is -2.23. The van der Waals surface area contributed by atoms with Crippen molar-refractivity contribution in [1.82, 2.24) is 14.8 Å². The van der Waals surface area contributed by atoms with Crippen LogP contribution >= 0.6 is 0 Å². The molecule has 1 aliphatic rings. The van der Waals surface area contributed by atoms with E-state index in [0.717, 1.165) is 43.0 Å². The minimum Gasteiger partial charge on any atom is -0.349 e. The third kappa shape index (κ3) is 2.17. The van der Waals surface area contributed by atoms with Gasteiger partial charge in [-0.2, -0.15) is 0 Å². The van der Waals surface area contributed by atoms with E-state index in [1.807, 2.05) is 24.9 Å². The van der Waals surface area contributed by atoms with Crippen LogP contribution in [0.15, 0.2) is 6.07 Å². The fraction of sp³-hybridized carbons (Fsp3) is 0.643. The number of hydrogen-bond donors (Lipinski definition) is 1. The normalized spacial score (nSPS) is 19.2. The number of carbonyl (C=O) groups excluding carboxylic acids is 1. The molecule has 0 bridgehead atoms. The van der Waals surface area contributed by atoms with Gasteiger partial charge in [0.25, 0.3) is 5.91 Å². The molecule has 0 aromatic carbocycles. The molecule has 1 fully saturated rings. The van der Waals surface area contributed by atoms with E-state index in [0.29, 0.717) is 6.04 Å². The maximum atomic E-state index is 12.5. The number of hydrogen-bond acceptors (Lipinski definition) is 2. The number of nitrogens with one attached hydrogen (secondary N) is 1. The van der Waals surface area contributed by atoms with Crippen LogP contribution in [0.25, 0.3) is 0 Å². The minimum absolute atomic E-state index is 0.150. The summed E-state index contributed by atoms with van der Waals surface area (Å²) < 4.78 is 2.19. The molecule has 1 atom stereocenters. The molecular formula is C14H23N3O. The van der Waals surface area contributed by atoms with Gasteiger partial charge in [-0.05, 0) is 39.8 Å². The van der Waals surface area contributed by atoms with Crippen molar-refractivity contribution in [2.24, 2.45) is 0 Å². The molecule has 0 radical (unpaired) electrons. The molecule has 1 amide bonds. The van der Waals surface area contributed by atoms with Gasteiger partial charge in [-0.25, -0.2) is 0 Å². The Balaban J connectivity index is 2.22. The van der Waals surface area contributed by atoms with E-state index >= 15 is 0 Å². The van der Waals surface area contributed by atoms with Crippen LogP contribution in [0.3, 0.4) is 0 Å². The van der Waals surface area contributed by atoms with Gasteiger partial charge < -0.3 is 14.8 Å². The van der Waals surface area contributed by atoms with Crippen LogP contribution in [0.4, 0.5) is 0 Å². The van der Waals surface area contributed by atoms with E-state index in [4.69, 9.17) is 0 Å². The molecule has 1 unspecified atom stereocenters. The van der Waals surface area contributed by atoms with E-state index in [-0.39, 0.29) is 5.91 Å². The summed E-state index contributed by atoms with van der Waals surface area (Å²) in [5.41, 5.74) is 3.10. The molecule has 1 aromatic rings. The van der Waals surface area contributed by atoms with Crippen molar-refractivity contribution in [3.05, 3.63) is 23.0 Å². The maximum absolute atomic E-state index is 12.5. The van der Waals surface area contributed by atoms with Gasteiger partial charge >= 0.3 is 0 Å². The van der Waals surface area contributed by atoms with Crippen molar-refractivity contribution in [2.45, 2.75) is 39.8 Å². The Morgan fingerprint density at radius 2 is 2.28 bits per heavy atom. The van der Waals surface area contributed by atoms with Gasteiger partial charge in [0.05, 0.1) is 5.56 Å². The van der Waals surface area contributed by atoms with Crippen molar-refractivity contribution in [1.29, 1.82) is 0 Å². The van der Waals surface area contributed by atoms with Crippen molar-refractivity contribution < 1.29 is 4.79 Å². The second kappa shape index (κ2) is 5.14. The van der Waals surface area contributed by atoms with Crippen molar-refractivity contribution in [2.75, 3.05) is 20.1 Å². The number of aromatic nitrogens is 1. The molecule has 1 saturated heterocycles. The Labute approximate surface area is 109 Å². The molecule has 4 nitrogen and oxygen atoms in total. The number of aryl methyl sites for hydroxylation is 1. The van der Waals surface area contributed by atoms with Gasteiger partial charge in [0.2, 0.25) is 0 Å². The van der Waals surface area contributed by atoms with Crippen molar-refractivity contribution >= 4 is 5.91 Å². The first-order chi connectivity index (χ1) is 8.56. The van der Waals surface area contributed by atoms with Crippen LogP contribution in [0.2, 0.25) is 0 Å². The molecule has 2 heterocycles. The monoisotopic (exact) mass is 249 g/mol. The molecule has 0 spiro atoms. The summed E-state index contributed by atoms with van der Waals surface area (Å²) in [6, 6.07) is 2.35. The highest BCUT2D eigenvalue weighted by molar-refractivity contribution is 5.95. The van der Waals surface area contributed by atoms with Gasteiger partial charge in [0.15, 0.2) is 0 Å². The number of nitrogens with zero attached hydrogens (tertiary/aromatic N) is 2.